The number of rotatable bonds is 5. The molecule has 0 aromatic heterocycles. The van der Waals surface area contributed by atoms with Crippen LogP contribution in [0.1, 0.15) is 6.92 Å². The number of hydrogen-bond donors (Lipinski definition) is 1. The number of carbonyl (C=O) groups is 1. The average Bonchev–Trinajstić information content (AvgIpc) is 2.35. The van der Waals surface area contributed by atoms with E-state index in [9.17, 15) is 4.79 Å². The summed E-state index contributed by atoms with van der Waals surface area (Å²) in [7, 11) is 3.26. The van der Waals surface area contributed by atoms with Gasteiger partial charge in [-0.3, -0.25) is 4.79 Å². The van der Waals surface area contributed by atoms with Crippen LogP contribution in [0.2, 0.25) is 0 Å². The first kappa shape index (κ1) is 13.2. The molecule has 0 heterocycles. The second kappa shape index (κ2) is 5.98. The number of carbonyl (C=O) groups excluding carboxylic acids is 1. The van der Waals surface area contributed by atoms with Crippen LogP contribution in [0, 0.1) is 0 Å². The zero-order chi connectivity index (χ0) is 12.8. The molecule has 0 bridgehead atoms. The Morgan fingerprint density at radius 2 is 2.12 bits per heavy atom. The van der Waals surface area contributed by atoms with Crippen LogP contribution in [0.4, 0.5) is 5.69 Å². The second-order valence-corrected chi connectivity index (χ2v) is 3.61. The Hall–Kier alpha value is -1.91. The van der Waals surface area contributed by atoms with Crippen molar-refractivity contribution in [3.05, 3.63) is 18.2 Å². The summed E-state index contributed by atoms with van der Waals surface area (Å²) in [5.41, 5.74) is 6.21. The van der Waals surface area contributed by atoms with E-state index < -0.39 is 0 Å². The smallest absolute Gasteiger partial charge is 0.260 e. The molecule has 0 atom stereocenters. The molecule has 0 fully saturated rings. The highest BCUT2D eigenvalue weighted by atomic mass is 16.5. The minimum atomic E-state index is -0.0861. The Labute approximate surface area is 101 Å². The first-order valence-electron chi connectivity index (χ1n) is 5.38. The Balaban J connectivity index is 2.68. The zero-order valence-corrected chi connectivity index (χ0v) is 10.4. The van der Waals surface area contributed by atoms with Crippen molar-refractivity contribution in [3.63, 3.8) is 0 Å². The van der Waals surface area contributed by atoms with Crippen LogP contribution < -0.4 is 15.2 Å². The number of likely N-dealkylation sites (N-methyl/N-ethyl adjacent to an activating group) is 1. The molecule has 17 heavy (non-hydrogen) atoms. The predicted molar refractivity (Wildman–Crippen MR) is 66.2 cm³/mol. The maximum absolute atomic E-state index is 11.6. The molecule has 0 saturated carbocycles. The largest absolute Gasteiger partial charge is 0.493 e. The third kappa shape index (κ3) is 3.55. The maximum atomic E-state index is 11.6. The van der Waals surface area contributed by atoms with Crippen LogP contribution in [-0.4, -0.2) is 38.1 Å². The van der Waals surface area contributed by atoms with Crippen molar-refractivity contribution < 1.29 is 14.3 Å². The van der Waals surface area contributed by atoms with E-state index in [0.29, 0.717) is 23.7 Å². The van der Waals surface area contributed by atoms with Crippen molar-refractivity contribution in [1.29, 1.82) is 0 Å². The molecule has 0 aliphatic heterocycles. The molecule has 5 heteroatoms. The molecular weight excluding hydrogens is 220 g/mol. The van der Waals surface area contributed by atoms with E-state index in [0.717, 1.165) is 0 Å². The Bertz CT molecular complexity index is 393. The van der Waals surface area contributed by atoms with Gasteiger partial charge in [-0.1, -0.05) is 0 Å². The molecule has 0 radical (unpaired) electrons. The van der Waals surface area contributed by atoms with Gasteiger partial charge < -0.3 is 20.1 Å². The molecule has 0 unspecified atom stereocenters. The van der Waals surface area contributed by atoms with Gasteiger partial charge in [-0.15, -0.1) is 0 Å². The lowest BCUT2D eigenvalue weighted by atomic mass is 10.3. The van der Waals surface area contributed by atoms with Crippen LogP contribution in [0.3, 0.4) is 0 Å². The van der Waals surface area contributed by atoms with Crippen LogP contribution in [0.25, 0.3) is 0 Å². The molecule has 94 valence electrons. The molecule has 5 nitrogen and oxygen atoms in total. The monoisotopic (exact) mass is 238 g/mol. The minimum Gasteiger partial charge on any atom is -0.493 e. The van der Waals surface area contributed by atoms with Crippen molar-refractivity contribution in [3.8, 4) is 11.5 Å². The average molecular weight is 238 g/mol. The number of anilines is 1. The predicted octanol–water partition coefficient (Wildman–Crippen LogP) is 1.13. The van der Waals surface area contributed by atoms with E-state index in [1.165, 1.54) is 0 Å². The fourth-order valence-electron chi connectivity index (χ4n) is 1.23. The first-order valence-corrected chi connectivity index (χ1v) is 5.38. The van der Waals surface area contributed by atoms with Crippen molar-refractivity contribution in [2.24, 2.45) is 0 Å². The van der Waals surface area contributed by atoms with E-state index >= 15 is 0 Å². The van der Waals surface area contributed by atoms with Crippen LogP contribution >= 0.6 is 0 Å². The van der Waals surface area contributed by atoms with Crippen LogP contribution in [0.5, 0.6) is 11.5 Å². The number of methoxy groups -OCH3 is 1. The minimum absolute atomic E-state index is 0.0237. The number of nitrogens with zero attached hydrogens (tertiary/aromatic N) is 1. The zero-order valence-electron chi connectivity index (χ0n) is 10.4. The van der Waals surface area contributed by atoms with Crippen molar-refractivity contribution in [2.75, 3.05) is 33.0 Å². The van der Waals surface area contributed by atoms with Crippen molar-refractivity contribution in [2.45, 2.75) is 6.92 Å². The maximum Gasteiger partial charge on any atom is 0.260 e. The molecule has 1 aromatic carbocycles. The van der Waals surface area contributed by atoms with E-state index in [2.05, 4.69) is 0 Å². The van der Waals surface area contributed by atoms with Gasteiger partial charge in [-0.2, -0.15) is 0 Å². The Morgan fingerprint density at radius 1 is 1.41 bits per heavy atom. The highest BCUT2D eigenvalue weighted by Gasteiger charge is 2.10. The van der Waals surface area contributed by atoms with Crippen LogP contribution in [-0.2, 0) is 4.79 Å². The molecule has 2 N–H and O–H groups in total. The van der Waals surface area contributed by atoms with Crippen molar-refractivity contribution in [1.82, 2.24) is 4.90 Å². The van der Waals surface area contributed by atoms with Gasteiger partial charge in [0.25, 0.3) is 5.91 Å². The summed E-state index contributed by atoms with van der Waals surface area (Å²) in [6.45, 7) is 2.53. The fraction of sp³-hybridized carbons (Fsp3) is 0.417. The Morgan fingerprint density at radius 3 is 2.71 bits per heavy atom. The van der Waals surface area contributed by atoms with Crippen molar-refractivity contribution >= 4 is 11.6 Å². The molecule has 0 spiro atoms. The first-order chi connectivity index (χ1) is 8.08. The number of nitrogen functional groups attached to an aromatic ring is 1. The van der Waals surface area contributed by atoms with E-state index in [1.807, 2.05) is 6.92 Å². The molecule has 0 aliphatic carbocycles. The summed E-state index contributed by atoms with van der Waals surface area (Å²) in [6.07, 6.45) is 0. The molecule has 1 aromatic rings. The normalized spacial score (nSPS) is 9.82. The third-order valence-electron chi connectivity index (χ3n) is 2.44. The quantitative estimate of drug-likeness (QED) is 0.781. The van der Waals surface area contributed by atoms with Gasteiger partial charge in [0.15, 0.2) is 18.1 Å². The lowest BCUT2D eigenvalue weighted by molar-refractivity contribution is -0.131. The third-order valence-corrected chi connectivity index (χ3v) is 2.44. The molecule has 1 amide bonds. The summed E-state index contributed by atoms with van der Waals surface area (Å²) in [5, 5.41) is 0. The van der Waals surface area contributed by atoms with E-state index in [1.54, 1.807) is 37.3 Å². The number of ether oxygens (including phenoxy) is 2. The lowest BCUT2D eigenvalue weighted by Gasteiger charge is -2.16. The summed E-state index contributed by atoms with van der Waals surface area (Å²) in [6, 6.07) is 5.06. The molecule has 0 aliphatic rings. The standard InChI is InChI=1S/C12H18N2O3/c1-4-14(2)12(15)8-17-11-7-9(13)5-6-10(11)16-3/h5-7H,4,8,13H2,1-3H3. The topological polar surface area (TPSA) is 64.8 Å². The van der Waals surface area contributed by atoms with Gasteiger partial charge in [-0.25, -0.2) is 0 Å². The van der Waals surface area contributed by atoms with E-state index in [4.69, 9.17) is 15.2 Å². The number of nitrogens with two attached hydrogens (primary N) is 1. The summed E-state index contributed by atoms with van der Waals surface area (Å²) in [5.74, 6) is 0.952. The highest BCUT2D eigenvalue weighted by molar-refractivity contribution is 5.77. The SMILES string of the molecule is CCN(C)C(=O)COc1cc(N)ccc1OC. The van der Waals surface area contributed by atoms with Gasteiger partial charge in [0.1, 0.15) is 0 Å². The van der Waals surface area contributed by atoms with Gasteiger partial charge in [0, 0.05) is 25.3 Å². The summed E-state index contributed by atoms with van der Waals surface area (Å²) in [4.78, 5) is 13.1. The number of amides is 1. The lowest BCUT2D eigenvalue weighted by Crippen LogP contribution is -2.31. The van der Waals surface area contributed by atoms with Gasteiger partial charge in [0.05, 0.1) is 7.11 Å². The molecular formula is C12H18N2O3. The van der Waals surface area contributed by atoms with Gasteiger partial charge in [-0.05, 0) is 19.1 Å². The second-order valence-electron chi connectivity index (χ2n) is 3.61. The van der Waals surface area contributed by atoms with Crippen LogP contribution in [0.15, 0.2) is 18.2 Å². The van der Waals surface area contributed by atoms with Gasteiger partial charge >= 0.3 is 0 Å². The van der Waals surface area contributed by atoms with E-state index in [-0.39, 0.29) is 12.5 Å². The van der Waals surface area contributed by atoms with Gasteiger partial charge in [0.2, 0.25) is 0 Å². The molecule has 1 rings (SSSR count). The number of hydrogen-bond acceptors (Lipinski definition) is 4. The Kier molecular flexibility index (Phi) is 4.63. The summed E-state index contributed by atoms with van der Waals surface area (Å²) >= 11 is 0. The molecule has 0 saturated heterocycles. The highest BCUT2D eigenvalue weighted by Crippen LogP contribution is 2.28. The fourth-order valence-corrected chi connectivity index (χ4v) is 1.23. The number of benzene rings is 1. The summed E-state index contributed by atoms with van der Waals surface area (Å²) < 4.78 is 10.5.